The molecular weight excluding hydrogens is 457 g/mol. The Bertz CT molecular complexity index is 512. The molecule has 26 heavy (non-hydrogen) atoms. The van der Waals surface area contributed by atoms with Crippen LogP contribution < -0.4 is 10.6 Å². The Labute approximate surface area is 180 Å². The summed E-state index contributed by atoms with van der Waals surface area (Å²) in [5.41, 5.74) is 1.23. The van der Waals surface area contributed by atoms with Crippen LogP contribution in [0.3, 0.4) is 0 Å². The summed E-state index contributed by atoms with van der Waals surface area (Å²) in [6, 6.07) is 0. The smallest absolute Gasteiger partial charge is 0.190 e. The Kier molecular flexibility index (Phi) is 12.5. The molecule has 0 aromatic carbocycles. The van der Waals surface area contributed by atoms with E-state index in [0.29, 0.717) is 0 Å². The van der Waals surface area contributed by atoms with E-state index in [4.69, 9.17) is 0 Å². The third-order valence-corrected chi connectivity index (χ3v) is 5.69. The van der Waals surface area contributed by atoms with Gasteiger partial charge in [0, 0.05) is 32.1 Å². The largest absolute Gasteiger partial charge is 0.356 e. The second-order valence-corrected chi connectivity index (χ2v) is 8.08. The van der Waals surface area contributed by atoms with E-state index >= 15 is 0 Å². The summed E-state index contributed by atoms with van der Waals surface area (Å²) >= 11 is 1.75. The lowest BCUT2D eigenvalue weighted by atomic mass is 9.97. The summed E-state index contributed by atoms with van der Waals surface area (Å²) in [6.07, 6.45) is 7.65. The van der Waals surface area contributed by atoms with Gasteiger partial charge in [-0.25, -0.2) is 4.98 Å². The number of guanidine groups is 1. The normalized spacial score (nSPS) is 16.3. The maximum absolute atomic E-state index is 4.58. The van der Waals surface area contributed by atoms with Crippen molar-refractivity contribution in [1.82, 2.24) is 20.5 Å². The van der Waals surface area contributed by atoms with Crippen molar-refractivity contribution in [1.29, 1.82) is 0 Å². The molecule has 2 rings (SSSR count). The molecule has 0 atom stereocenters. The van der Waals surface area contributed by atoms with Crippen molar-refractivity contribution < 1.29 is 0 Å². The van der Waals surface area contributed by atoms with Gasteiger partial charge in [0.05, 0.1) is 10.7 Å². The highest BCUT2D eigenvalue weighted by Crippen LogP contribution is 2.19. The number of nitrogens with zero attached hydrogens (tertiary/aromatic N) is 3. The van der Waals surface area contributed by atoms with E-state index in [-0.39, 0.29) is 24.0 Å². The second-order valence-electron chi connectivity index (χ2n) is 7.02. The first kappa shape index (κ1) is 23.6. The summed E-state index contributed by atoms with van der Waals surface area (Å²) in [5, 5.41) is 10.3. The fourth-order valence-corrected chi connectivity index (χ4v) is 3.88. The molecule has 1 aliphatic rings. The average Bonchev–Trinajstić information content (AvgIpc) is 3.03. The van der Waals surface area contributed by atoms with Crippen molar-refractivity contribution in [2.75, 3.05) is 33.2 Å². The Morgan fingerprint density at radius 2 is 2.04 bits per heavy atom. The van der Waals surface area contributed by atoms with Crippen molar-refractivity contribution in [3.8, 4) is 0 Å². The quantitative estimate of drug-likeness (QED) is 0.236. The number of aromatic nitrogens is 1. The highest BCUT2D eigenvalue weighted by molar-refractivity contribution is 14.0. The van der Waals surface area contributed by atoms with E-state index in [0.717, 1.165) is 31.5 Å². The van der Waals surface area contributed by atoms with E-state index in [1.54, 1.807) is 11.3 Å². The van der Waals surface area contributed by atoms with Crippen LogP contribution in [0.15, 0.2) is 10.4 Å². The first-order valence-electron chi connectivity index (χ1n) is 9.79. The molecule has 0 spiro atoms. The maximum Gasteiger partial charge on any atom is 0.190 e. The van der Waals surface area contributed by atoms with Crippen molar-refractivity contribution in [2.45, 2.75) is 58.9 Å². The highest BCUT2D eigenvalue weighted by Gasteiger charge is 2.20. The summed E-state index contributed by atoms with van der Waals surface area (Å²) in [4.78, 5) is 11.5. The van der Waals surface area contributed by atoms with Gasteiger partial charge in [0.2, 0.25) is 0 Å². The predicted molar refractivity (Wildman–Crippen MR) is 124 cm³/mol. The lowest BCUT2D eigenvalue weighted by Crippen LogP contribution is -2.43. The number of nitrogens with one attached hydrogen (secondary N) is 2. The predicted octanol–water partition coefficient (Wildman–Crippen LogP) is 4.03. The summed E-state index contributed by atoms with van der Waals surface area (Å²) in [6.45, 7) is 9.72. The molecule has 0 amide bonds. The van der Waals surface area contributed by atoms with Crippen molar-refractivity contribution in [3.63, 3.8) is 0 Å². The van der Waals surface area contributed by atoms with Crippen molar-refractivity contribution in [3.05, 3.63) is 16.1 Å². The first-order valence-corrected chi connectivity index (χ1v) is 10.7. The number of rotatable bonds is 9. The molecule has 1 aliphatic heterocycles. The molecule has 1 aromatic heterocycles. The number of aryl methyl sites for hydroxylation is 1. The molecule has 0 aliphatic carbocycles. The van der Waals surface area contributed by atoms with Crippen LogP contribution in [0.25, 0.3) is 0 Å². The summed E-state index contributed by atoms with van der Waals surface area (Å²) < 4.78 is 0. The second kappa shape index (κ2) is 13.7. The molecule has 0 saturated carbocycles. The van der Waals surface area contributed by atoms with Gasteiger partial charge in [0.1, 0.15) is 0 Å². The van der Waals surface area contributed by atoms with Crippen LogP contribution in [0.1, 0.15) is 56.2 Å². The molecule has 1 saturated heterocycles. The molecule has 150 valence electrons. The zero-order valence-corrected chi connectivity index (χ0v) is 19.7. The SMILES string of the molecule is CCCCCCNC(=NC)NCC1CCN(Cc2csc(C)n2)CC1.I. The van der Waals surface area contributed by atoms with Crippen LogP contribution >= 0.6 is 35.3 Å². The number of unbranched alkanes of at least 4 members (excludes halogenated alkanes) is 3. The minimum atomic E-state index is 0. The van der Waals surface area contributed by atoms with Gasteiger partial charge in [-0.3, -0.25) is 9.89 Å². The van der Waals surface area contributed by atoms with Crippen LogP contribution in [0.4, 0.5) is 0 Å². The molecule has 2 heterocycles. The van der Waals surface area contributed by atoms with Crippen LogP contribution in [0, 0.1) is 12.8 Å². The molecular formula is C19H36IN5S. The molecule has 1 fully saturated rings. The monoisotopic (exact) mass is 493 g/mol. The first-order chi connectivity index (χ1) is 12.2. The van der Waals surface area contributed by atoms with Crippen LogP contribution in [-0.4, -0.2) is 49.1 Å². The number of hydrogen-bond donors (Lipinski definition) is 2. The van der Waals surface area contributed by atoms with Gasteiger partial charge in [0.15, 0.2) is 5.96 Å². The van der Waals surface area contributed by atoms with E-state index in [1.807, 2.05) is 7.05 Å². The Morgan fingerprint density at radius 1 is 1.27 bits per heavy atom. The van der Waals surface area contributed by atoms with Gasteiger partial charge in [-0.2, -0.15) is 0 Å². The van der Waals surface area contributed by atoms with Crippen LogP contribution in [0.2, 0.25) is 0 Å². The van der Waals surface area contributed by atoms with Crippen LogP contribution in [0.5, 0.6) is 0 Å². The van der Waals surface area contributed by atoms with Crippen molar-refractivity contribution in [2.24, 2.45) is 10.9 Å². The molecule has 1 aromatic rings. The van der Waals surface area contributed by atoms with E-state index in [2.05, 4.69) is 44.7 Å². The van der Waals surface area contributed by atoms with Gasteiger partial charge >= 0.3 is 0 Å². The Morgan fingerprint density at radius 3 is 2.65 bits per heavy atom. The summed E-state index contributed by atoms with van der Waals surface area (Å²) in [5.74, 6) is 1.70. The zero-order valence-electron chi connectivity index (χ0n) is 16.6. The number of thiazole rings is 1. The van der Waals surface area contributed by atoms with E-state index < -0.39 is 0 Å². The molecule has 5 nitrogen and oxygen atoms in total. The molecule has 0 bridgehead atoms. The molecule has 2 N–H and O–H groups in total. The number of halogens is 1. The highest BCUT2D eigenvalue weighted by atomic mass is 127. The molecule has 0 radical (unpaired) electrons. The number of hydrogen-bond acceptors (Lipinski definition) is 4. The maximum atomic E-state index is 4.58. The lowest BCUT2D eigenvalue weighted by Gasteiger charge is -2.31. The minimum absolute atomic E-state index is 0. The topological polar surface area (TPSA) is 52.6 Å². The fraction of sp³-hybridized carbons (Fsp3) is 0.789. The standard InChI is InChI=1S/C19H35N5S.HI/c1-4-5-6-7-10-21-19(20-3)22-13-17-8-11-24(12-9-17)14-18-15-25-16(2)23-18;/h15,17H,4-14H2,1-3H3,(H2,20,21,22);1H. The van der Waals surface area contributed by atoms with Crippen molar-refractivity contribution >= 4 is 41.3 Å². The molecule has 7 heteroatoms. The number of aliphatic imine (C=N–C) groups is 1. The number of likely N-dealkylation sites (tertiary alicyclic amines) is 1. The van der Waals surface area contributed by atoms with E-state index in [9.17, 15) is 0 Å². The van der Waals surface area contributed by atoms with E-state index in [1.165, 1.54) is 62.3 Å². The van der Waals surface area contributed by atoms with Gasteiger partial charge in [-0.05, 0) is 45.2 Å². The fourth-order valence-electron chi connectivity index (χ4n) is 3.28. The van der Waals surface area contributed by atoms with Gasteiger partial charge in [-0.15, -0.1) is 35.3 Å². The van der Waals surface area contributed by atoms with Gasteiger partial charge in [-0.1, -0.05) is 26.2 Å². The Hall–Kier alpha value is -0.410. The van der Waals surface area contributed by atoms with Gasteiger partial charge in [0.25, 0.3) is 0 Å². The molecule has 0 unspecified atom stereocenters. The Balaban J connectivity index is 0.00000338. The minimum Gasteiger partial charge on any atom is -0.356 e. The van der Waals surface area contributed by atoms with Gasteiger partial charge < -0.3 is 10.6 Å². The zero-order chi connectivity index (χ0) is 17.9. The van der Waals surface area contributed by atoms with Crippen LogP contribution in [-0.2, 0) is 6.54 Å². The third kappa shape index (κ3) is 8.99. The average molecular weight is 494 g/mol. The summed E-state index contributed by atoms with van der Waals surface area (Å²) in [7, 11) is 1.86. The number of piperidine rings is 1. The lowest BCUT2D eigenvalue weighted by molar-refractivity contribution is 0.176. The third-order valence-electron chi connectivity index (χ3n) is 4.86.